The van der Waals surface area contributed by atoms with Crippen molar-refractivity contribution in [1.82, 2.24) is 29.7 Å². The minimum Gasteiger partial charge on any atom is -0.369 e. The number of primary amides is 1. The molecule has 0 bridgehead atoms. The van der Waals surface area contributed by atoms with Gasteiger partial charge in [0.25, 0.3) is 5.56 Å². The lowest BCUT2D eigenvalue weighted by Crippen LogP contribution is -2.47. The van der Waals surface area contributed by atoms with Crippen molar-refractivity contribution in [3.8, 4) is 0 Å². The van der Waals surface area contributed by atoms with Gasteiger partial charge in [0.2, 0.25) is 23.7 Å². The summed E-state index contributed by atoms with van der Waals surface area (Å²) in [6, 6.07) is -2.07. The average molecular weight is 448 g/mol. The first-order valence-electron chi connectivity index (χ1n) is 10.3. The number of H-pyrrole nitrogens is 1. The molecule has 3 heterocycles. The van der Waals surface area contributed by atoms with Gasteiger partial charge in [0, 0.05) is 12.6 Å². The molecule has 0 spiro atoms. The number of carbonyl (C=O) groups is 3. The first-order chi connectivity index (χ1) is 15.2. The van der Waals surface area contributed by atoms with Gasteiger partial charge in [0.05, 0.1) is 12.4 Å². The number of amides is 3. The van der Waals surface area contributed by atoms with Crippen molar-refractivity contribution in [2.45, 2.75) is 50.4 Å². The number of nitrogen functional groups attached to an aromatic ring is 1. The molecular weight excluding hydrogens is 420 g/mol. The second-order valence-corrected chi connectivity index (χ2v) is 7.79. The Morgan fingerprint density at radius 2 is 2.06 bits per heavy atom. The molecule has 1 saturated heterocycles. The minimum absolute atomic E-state index is 0.0358. The molecule has 32 heavy (non-hydrogen) atoms. The number of fused-ring (bicyclic) bond motifs is 1. The maximum absolute atomic E-state index is 13.0. The summed E-state index contributed by atoms with van der Waals surface area (Å²) in [6.45, 7) is 0.378. The second kappa shape index (κ2) is 9.74. The van der Waals surface area contributed by atoms with Crippen LogP contribution in [0.3, 0.4) is 0 Å². The number of anilines is 1. The van der Waals surface area contributed by atoms with Crippen molar-refractivity contribution in [2.24, 2.45) is 17.2 Å². The van der Waals surface area contributed by atoms with Gasteiger partial charge in [-0.15, -0.1) is 0 Å². The van der Waals surface area contributed by atoms with Crippen LogP contribution in [-0.4, -0.2) is 73.4 Å². The van der Waals surface area contributed by atoms with E-state index in [0.717, 1.165) is 12.8 Å². The number of nitrogens with two attached hydrogens (primary N) is 4. The lowest BCUT2D eigenvalue weighted by Gasteiger charge is -2.22. The number of carbonyl (C=O) groups excluding carboxylic acids is 3. The minimum atomic E-state index is -0.891. The molecule has 0 aliphatic carbocycles. The van der Waals surface area contributed by atoms with Crippen LogP contribution in [0.25, 0.3) is 11.2 Å². The largest absolute Gasteiger partial charge is 0.369 e. The molecule has 2 aromatic rings. The fourth-order valence-electron chi connectivity index (χ4n) is 3.76. The lowest BCUT2D eigenvalue weighted by atomic mass is 10.1. The molecule has 3 rings (SSSR count). The molecule has 2 aromatic heterocycles. The standard InChI is InChI=1S/C18H28N10O4/c19-4-2-1-3-10(20)16(31)24-9-5-11(14(21)30)28(6-9)12(29)7-27-8-23-13-15(27)25-18(22)26-17(13)32/h8-11H,1-7,19-20H2,(H2,21,30)(H,24,31)(H3,22,25,26,32)/t9-,10-,11-/m0/s1. The van der Waals surface area contributed by atoms with Gasteiger partial charge in [0.15, 0.2) is 11.2 Å². The predicted molar refractivity (Wildman–Crippen MR) is 115 cm³/mol. The van der Waals surface area contributed by atoms with Crippen LogP contribution < -0.4 is 33.8 Å². The maximum Gasteiger partial charge on any atom is 0.280 e. The number of hydrogen-bond donors (Lipinski definition) is 6. The second-order valence-electron chi connectivity index (χ2n) is 7.79. The highest BCUT2D eigenvalue weighted by Crippen LogP contribution is 2.19. The average Bonchev–Trinajstić information content (AvgIpc) is 3.33. The summed E-state index contributed by atoms with van der Waals surface area (Å²) in [7, 11) is 0. The summed E-state index contributed by atoms with van der Waals surface area (Å²) in [5, 5.41) is 2.79. The van der Waals surface area contributed by atoms with Crippen molar-refractivity contribution in [2.75, 3.05) is 18.8 Å². The van der Waals surface area contributed by atoms with Gasteiger partial charge in [-0.1, -0.05) is 6.42 Å². The predicted octanol–water partition coefficient (Wildman–Crippen LogP) is -3.27. The Hall–Kier alpha value is -3.52. The molecular formula is C18H28N10O4. The number of hydrogen-bond acceptors (Lipinski definition) is 9. The topological polar surface area (TPSA) is 234 Å². The van der Waals surface area contributed by atoms with E-state index in [-0.39, 0.29) is 42.5 Å². The molecule has 0 aromatic carbocycles. The normalized spacial score (nSPS) is 19.2. The molecule has 1 fully saturated rings. The fraction of sp³-hybridized carbons (Fsp3) is 0.556. The number of rotatable bonds is 9. The van der Waals surface area contributed by atoms with Gasteiger partial charge in [0.1, 0.15) is 12.6 Å². The molecule has 0 radical (unpaired) electrons. The molecule has 3 amide bonds. The van der Waals surface area contributed by atoms with E-state index >= 15 is 0 Å². The van der Waals surface area contributed by atoms with Crippen LogP contribution >= 0.6 is 0 Å². The summed E-state index contributed by atoms with van der Waals surface area (Å²) in [6.07, 6.45) is 3.45. The van der Waals surface area contributed by atoms with Crippen molar-refractivity contribution in [3.05, 3.63) is 16.7 Å². The number of likely N-dealkylation sites (tertiary alicyclic amines) is 1. The van der Waals surface area contributed by atoms with Gasteiger partial charge in [-0.2, -0.15) is 4.98 Å². The zero-order valence-corrected chi connectivity index (χ0v) is 17.5. The Morgan fingerprint density at radius 3 is 2.75 bits per heavy atom. The third-order valence-electron chi connectivity index (χ3n) is 5.40. The van der Waals surface area contributed by atoms with E-state index in [1.165, 1.54) is 15.8 Å². The van der Waals surface area contributed by atoms with Crippen molar-refractivity contribution in [3.63, 3.8) is 0 Å². The molecule has 0 unspecified atom stereocenters. The Bertz CT molecular complexity index is 1060. The molecule has 1 aliphatic heterocycles. The highest BCUT2D eigenvalue weighted by Gasteiger charge is 2.39. The van der Waals surface area contributed by atoms with Crippen LogP contribution in [0.15, 0.2) is 11.1 Å². The lowest BCUT2D eigenvalue weighted by molar-refractivity contribution is -0.137. The summed E-state index contributed by atoms with van der Waals surface area (Å²) >= 11 is 0. The van der Waals surface area contributed by atoms with Crippen LogP contribution in [0.2, 0.25) is 0 Å². The monoisotopic (exact) mass is 448 g/mol. The Kier molecular flexibility index (Phi) is 7.05. The number of nitrogens with one attached hydrogen (secondary N) is 2. The number of aromatic nitrogens is 4. The number of unbranched alkanes of at least 4 members (excludes halogenated alkanes) is 1. The Balaban J connectivity index is 1.68. The molecule has 10 N–H and O–H groups in total. The SMILES string of the molecule is NCCCC[C@H](N)C(=O)N[C@H]1C[C@@H](C(N)=O)N(C(=O)Cn2cnc3c(=O)[nH]c(N)nc32)C1. The van der Waals surface area contributed by atoms with Gasteiger partial charge in [-0.05, 0) is 25.8 Å². The fourth-order valence-corrected chi connectivity index (χ4v) is 3.76. The Morgan fingerprint density at radius 1 is 1.31 bits per heavy atom. The van der Waals surface area contributed by atoms with E-state index in [1.807, 2.05) is 0 Å². The zero-order valence-electron chi connectivity index (χ0n) is 17.5. The molecule has 174 valence electrons. The number of aromatic amines is 1. The van der Waals surface area contributed by atoms with E-state index in [9.17, 15) is 19.2 Å². The summed E-state index contributed by atoms with van der Waals surface area (Å²) in [5.74, 6) is -1.60. The number of nitrogens with zero attached hydrogens (tertiary/aromatic N) is 4. The zero-order chi connectivity index (χ0) is 23.4. The van der Waals surface area contributed by atoms with E-state index in [2.05, 4.69) is 20.3 Å². The highest BCUT2D eigenvalue weighted by molar-refractivity contribution is 5.88. The van der Waals surface area contributed by atoms with Gasteiger partial charge >= 0.3 is 0 Å². The van der Waals surface area contributed by atoms with Crippen LogP contribution in [0.1, 0.15) is 25.7 Å². The molecule has 1 aliphatic rings. The van der Waals surface area contributed by atoms with Crippen molar-refractivity contribution in [1.29, 1.82) is 0 Å². The van der Waals surface area contributed by atoms with E-state index in [4.69, 9.17) is 22.9 Å². The molecule has 14 nitrogen and oxygen atoms in total. The molecule has 0 saturated carbocycles. The first kappa shape index (κ1) is 23.1. The third kappa shape index (κ3) is 5.03. The molecule has 14 heteroatoms. The van der Waals surface area contributed by atoms with Crippen LogP contribution in [-0.2, 0) is 20.9 Å². The summed E-state index contributed by atoms with van der Waals surface area (Å²) < 4.78 is 1.36. The van der Waals surface area contributed by atoms with Crippen molar-refractivity contribution >= 4 is 34.8 Å². The van der Waals surface area contributed by atoms with Crippen molar-refractivity contribution < 1.29 is 14.4 Å². The van der Waals surface area contributed by atoms with E-state index in [0.29, 0.717) is 13.0 Å². The quantitative estimate of drug-likeness (QED) is 0.211. The van der Waals surface area contributed by atoms with E-state index < -0.39 is 35.5 Å². The van der Waals surface area contributed by atoms with Gasteiger partial charge < -0.3 is 37.7 Å². The van der Waals surface area contributed by atoms with Crippen LogP contribution in [0.4, 0.5) is 5.95 Å². The first-order valence-corrected chi connectivity index (χ1v) is 10.3. The van der Waals surface area contributed by atoms with Gasteiger partial charge in [-0.3, -0.25) is 24.2 Å². The highest BCUT2D eigenvalue weighted by atomic mass is 16.2. The number of imidazole rings is 1. The maximum atomic E-state index is 13.0. The summed E-state index contributed by atoms with van der Waals surface area (Å²) in [4.78, 5) is 60.8. The summed E-state index contributed by atoms with van der Waals surface area (Å²) in [5.41, 5.74) is 22.1. The van der Waals surface area contributed by atoms with Gasteiger partial charge in [-0.25, -0.2) is 4.98 Å². The third-order valence-corrected chi connectivity index (χ3v) is 5.40. The van der Waals surface area contributed by atoms with Crippen LogP contribution in [0, 0.1) is 0 Å². The Labute approximate surface area is 182 Å². The van der Waals surface area contributed by atoms with E-state index in [1.54, 1.807) is 0 Å². The van der Waals surface area contributed by atoms with Crippen LogP contribution in [0.5, 0.6) is 0 Å². The smallest absolute Gasteiger partial charge is 0.280 e. The molecule has 3 atom stereocenters.